The van der Waals surface area contributed by atoms with E-state index in [1.165, 1.54) is 19.2 Å². The summed E-state index contributed by atoms with van der Waals surface area (Å²) in [6.45, 7) is 0. The number of phenolic OH excluding ortho intramolecular Hbond substituents is 1. The molecule has 0 saturated heterocycles. The van der Waals surface area contributed by atoms with Gasteiger partial charge in [-0.25, -0.2) is 9.18 Å². The number of hydrogen-bond acceptors (Lipinski definition) is 3. The van der Waals surface area contributed by atoms with Gasteiger partial charge in [-0.3, -0.25) is 0 Å². The molecular weight excluding hydrogens is 263 g/mol. The predicted octanol–water partition coefficient (Wildman–Crippen LogP) is 3.18. The molecule has 2 aromatic carbocycles. The van der Waals surface area contributed by atoms with Gasteiger partial charge in [-0.15, -0.1) is 0 Å². The Bertz CT molecular complexity index is 632. The molecule has 5 nitrogen and oxygen atoms in total. The van der Waals surface area contributed by atoms with E-state index in [1.54, 1.807) is 24.3 Å². The van der Waals surface area contributed by atoms with E-state index in [2.05, 4.69) is 10.6 Å². The lowest BCUT2D eigenvalue weighted by atomic mass is 10.3. The maximum absolute atomic E-state index is 13.5. The average Bonchev–Trinajstić information content (AvgIpc) is 2.42. The topological polar surface area (TPSA) is 70.6 Å². The van der Waals surface area contributed by atoms with Crippen LogP contribution in [0.15, 0.2) is 42.5 Å². The standard InChI is InChI=1S/C14H13FN2O3/c1-20-13-5-3-2-4-12(13)17-14(19)16-11-7-6-9(18)8-10(11)15/h2-8,18H,1H3,(H2,16,17,19). The number of phenols is 1. The molecule has 2 rings (SSSR count). The highest BCUT2D eigenvalue weighted by Crippen LogP contribution is 2.24. The minimum atomic E-state index is -0.722. The van der Waals surface area contributed by atoms with Crippen molar-refractivity contribution in [2.24, 2.45) is 0 Å². The second-order valence-electron chi connectivity index (χ2n) is 3.94. The third kappa shape index (κ3) is 3.17. The molecule has 0 fully saturated rings. The fourth-order valence-corrected chi connectivity index (χ4v) is 1.63. The van der Waals surface area contributed by atoms with Crippen LogP contribution in [0.2, 0.25) is 0 Å². The molecule has 0 unspecified atom stereocenters. The largest absolute Gasteiger partial charge is 0.508 e. The summed E-state index contributed by atoms with van der Waals surface area (Å²) < 4.78 is 18.6. The zero-order valence-electron chi connectivity index (χ0n) is 10.7. The number of anilines is 2. The average molecular weight is 276 g/mol. The van der Waals surface area contributed by atoms with Crippen molar-refractivity contribution < 1.29 is 19.0 Å². The molecular formula is C14H13FN2O3. The van der Waals surface area contributed by atoms with Crippen LogP contribution in [0.3, 0.4) is 0 Å². The first-order valence-corrected chi connectivity index (χ1v) is 5.79. The van der Waals surface area contributed by atoms with Gasteiger partial charge in [0.15, 0.2) is 0 Å². The van der Waals surface area contributed by atoms with E-state index in [0.717, 1.165) is 6.07 Å². The fraction of sp³-hybridized carbons (Fsp3) is 0.0714. The second kappa shape index (κ2) is 5.92. The van der Waals surface area contributed by atoms with Crippen LogP contribution < -0.4 is 15.4 Å². The smallest absolute Gasteiger partial charge is 0.323 e. The van der Waals surface area contributed by atoms with Gasteiger partial charge in [0.2, 0.25) is 0 Å². The molecule has 0 bridgehead atoms. The van der Waals surface area contributed by atoms with E-state index in [-0.39, 0.29) is 11.4 Å². The molecule has 0 spiro atoms. The minimum absolute atomic E-state index is 0.0322. The maximum Gasteiger partial charge on any atom is 0.323 e. The van der Waals surface area contributed by atoms with Gasteiger partial charge in [0.05, 0.1) is 18.5 Å². The van der Waals surface area contributed by atoms with Crippen molar-refractivity contribution in [3.05, 3.63) is 48.3 Å². The SMILES string of the molecule is COc1ccccc1NC(=O)Nc1ccc(O)cc1F. The summed E-state index contributed by atoms with van der Waals surface area (Å²) in [6.07, 6.45) is 0. The molecule has 0 aliphatic rings. The third-order valence-electron chi connectivity index (χ3n) is 2.56. The number of hydrogen-bond donors (Lipinski definition) is 3. The van der Waals surface area contributed by atoms with Gasteiger partial charge in [0.25, 0.3) is 0 Å². The Morgan fingerprint density at radius 1 is 1.15 bits per heavy atom. The fourth-order valence-electron chi connectivity index (χ4n) is 1.63. The number of halogens is 1. The lowest BCUT2D eigenvalue weighted by molar-refractivity contribution is 0.262. The first kappa shape index (κ1) is 13.7. The number of carbonyl (C=O) groups is 1. The number of amides is 2. The van der Waals surface area contributed by atoms with E-state index < -0.39 is 11.8 Å². The zero-order chi connectivity index (χ0) is 14.5. The minimum Gasteiger partial charge on any atom is -0.508 e. The van der Waals surface area contributed by atoms with E-state index in [1.807, 2.05) is 0 Å². The molecule has 2 amide bonds. The number of rotatable bonds is 3. The summed E-state index contributed by atoms with van der Waals surface area (Å²) in [5, 5.41) is 14.0. The van der Waals surface area contributed by atoms with Crippen molar-refractivity contribution in [3.63, 3.8) is 0 Å². The van der Waals surface area contributed by atoms with Crippen molar-refractivity contribution in [3.8, 4) is 11.5 Å². The van der Waals surface area contributed by atoms with Gasteiger partial charge >= 0.3 is 6.03 Å². The Hall–Kier alpha value is -2.76. The summed E-state index contributed by atoms with van der Waals surface area (Å²) in [6, 6.07) is 9.70. The van der Waals surface area contributed by atoms with Crippen molar-refractivity contribution >= 4 is 17.4 Å². The number of aromatic hydroxyl groups is 1. The van der Waals surface area contributed by atoms with Crippen molar-refractivity contribution in [1.29, 1.82) is 0 Å². The number of methoxy groups -OCH3 is 1. The Labute approximate surface area is 115 Å². The van der Waals surface area contributed by atoms with E-state index in [9.17, 15) is 9.18 Å². The van der Waals surface area contributed by atoms with Crippen molar-refractivity contribution in [2.75, 3.05) is 17.7 Å². The third-order valence-corrected chi connectivity index (χ3v) is 2.56. The van der Waals surface area contributed by atoms with Crippen LogP contribution in [0.25, 0.3) is 0 Å². The normalized spacial score (nSPS) is 9.90. The molecule has 0 aliphatic carbocycles. The highest BCUT2D eigenvalue weighted by Gasteiger charge is 2.09. The number of urea groups is 1. The molecule has 0 atom stereocenters. The van der Waals surface area contributed by atoms with Gasteiger partial charge < -0.3 is 20.5 Å². The van der Waals surface area contributed by atoms with Crippen molar-refractivity contribution in [2.45, 2.75) is 0 Å². The molecule has 104 valence electrons. The number of ether oxygens (including phenoxy) is 1. The van der Waals surface area contributed by atoms with Crippen LogP contribution in [-0.2, 0) is 0 Å². The van der Waals surface area contributed by atoms with Gasteiger partial charge in [-0.05, 0) is 24.3 Å². The van der Waals surface area contributed by atoms with Crippen LogP contribution >= 0.6 is 0 Å². The Balaban J connectivity index is 2.09. The summed E-state index contributed by atoms with van der Waals surface area (Å²) in [4.78, 5) is 11.8. The van der Waals surface area contributed by atoms with Crippen LogP contribution in [0.4, 0.5) is 20.6 Å². The Kier molecular flexibility index (Phi) is 4.05. The number of carbonyl (C=O) groups excluding carboxylic acids is 1. The number of nitrogens with one attached hydrogen (secondary N) is 2. The molecule has 0 aromatic heterocycles. The van der Waals surface area contributed by atoms with E-state index >= 15 is 0 Å². The van der Waals surface area contributed by atoms with E-state index in [0.29, 0.717) is 11.4 Å². The first-order chi connectivity index (χ1) is 9.60. The molecule has 0 saturated carbocycles. The molecule has 3 N–H and O–H groups in total. The molecule has 6 heteroatoms. The van der Waals surface area contributed by atoms with Crippen LogP contribution in [0.5, 0.6) is 11.5 Å². The lowest BCUT2D eigenvalue weighted by Crippen LogP contribution is -2.20. The monoisotopic (exact) mass is 276 g/mol. The summed E-state index contributed by atoms with van der Waals surface area (Å²) in [5.74, 6) is -0.438. The highest BCUT2D eigenvalue weighted by molar-refractivity contribution is 6.00. The summed E-state index contributed by atoms with van der Waals surface area (Å²) in [5.41, 5.74) is 0.432. The van der Waals surface area contributed by atoms with E-state index in [4.69, 9.17) is 9.84 Å². The molecule has 0 aliphatic heterocycles. The van der Waals surface area contributed by atoms with Gasteiger partial charge in [-0.2, -0.15) is 0 Å². The summed E-state index contributed by atoms with van der Waals surface area (Å²) in [7, 11) is 1.48. The van der Waals surface area contributed by atoms with Gasteiger partial charge in [0, 0.05) is 6.07 Å². The summed E-state index contributed by atoms with van der Waals surface area (Å²) >= 11 is 0. The predicted molar refractivity (Wildman–Crippen MR) is 73.7 cm³/mol. The Morgan fingerprint density at radius 3 is 2.55 bits per heavy atom. The van der Waals surface area contributed by atoms with Crippen LogP contribution in [0, 0.1) is 5.82 Å². The molecule has 2 aromatic rings. The molecule has 0 radical (unpaired) electrons. The number of para-hydroxylation sites is 2. The molecule has 0 heterocycles. The Morgan fingerprint density at radius 2 is 1.85 bits per heavy atom. The first-order valence-electron chi connectivity index (χ1n) is 5.79. The lowest BCUT2D eigenvalue weighted by Gasteiger charge is -2.11. The zero-order valence-corrected chi connectivity index (χ0v) is 10.7. The highest BCUT2D eigenvalue weighted by atomic mass is 19.1. The number of benzene rings is 2. The maximum atomic E-state index is 13.5. The quantitative estimate of drug-likeness (QED) is 0.754. The molecule has 20 heavy (non-hydrogen) atoms. The van der Waals surface area contributed by atoms with Crippen LogP contribution in [0.1, 0.15) is 0 Å². The van der Waals surface area contributed by atoms with Crippen molar-refractivity contribution in [1.82, 2.24) is 0 Å². The van der Waals surface area contributed by atoms with Gasteiger partial charge in [-0.1, -0.05) is 12.1 Å². The van der Waals surface area contributed by atoms with Crippen LogP contribution in [-0.4, -0.2) is 18.2 Å². The second-order valence-corrected chi connectivity index (χ2v) is 3.94. The van der Waals surface area contributed by atoms with Gasteiger partial charge in [0.1, 0.15) is 17.3 Å².